The van der Waals surface area contributed by atoms with E-state index in [1.54, 1.807) is 18.5 Å². The first kappa shape index (κ1) is 35.9. The first-order valence-corrected chi connectivity index (χ1v) is 17.9. The minimum atomic E-state index is 0.237. The summed E-state index contributed by atoms with van der Waals surface area (Å²) in [6, 6.07) is 24.2. The molecule has 6 rings (SSSR count). The highest BCUT2D eigenvalue weighted by atomic mass is 35.5. The predicted molar refractivity (Wildman–Crippen MR) is 201 cm³/mol. The molecule has 1 aliphatic rings. The third-order valence-corrected chi connectivity index (χ3v) is 9.57. The third-order valence-electron chi connectivity index (χ3n) is 9.28. The number of rotatable bonds is 16. The topological polar surface area (TPSA) is 92.5 Å². The lowest BCUT2D eigenvalue weighted by Gasteiger charge is -2.19. The fraction of sp³-hybridized carbons (Fsp3) is 0.310. The van der Waals surface area contributed by atoms with Gasteiger partial charge < -0.3 is 24.4 Å². The molecule has 5 aromatic rings. The fourth-order valence-corrected chi connectivity index (χ4v) is 6.66. The molecule has 0 bridgehead atoms. The van der Waals surface area contributed by atoms with Gasteiger partial charge in [-0.3, -0.25) is 9.97 Å². The number of pyridine rings is 2. The van der Waals surface area contributed by atoms with E-state index in [4.69, 9.17) is 25.8 Å². The number of ether oxygens (including phenoxy) is 3. The van der Waals surface area contributed by atoms with Gasteiger partial charge in [0.1, 0.15) is 36.5 Å². The maximum Gasteiger partial charge on any atom is 0.142 e. The summed E-state index contributed by atoms with van der Waals surface area (Å²) in [7, 11) is 0. The summed E-state index contributed by atoms with van der Waals surface area (Å²) in [6.07, 6.45) is 10.5. The van der Waals surface area contributed by atoms with E-state index < -0.39 is 0 Å². The van der Waals surface area contributed by atoms with Gasteiger partial charge in [0, 0.05) is 61.6 Å². The molecule has 0 atom stereocenters. The second-order valence-electron chi connectivity index (χ2n) is 12.9. The molecule has 2 aromatic heterocycles. The molecule has 0 radical (unpaired) electrons. The van der Waals surface area contributed by atoms with Crippen molar-refractivity contribution in [3.8, 4) is 34.4 Å². The molecule has 1 N–H and O–H groups in total. The van der Waals surface area contributed by atoms with Crippen molar-refractivity contribution in [2.24, 2.45) is 0 Å². The number of hydrogen-bond acceptors (Lipinski definition) is 8. The summed E-state index contributed by atoms with van der Waals surface area (Å²) in [5, 5.41) is 13.3. The second-order valence-corrected chi connectivity index (χ2v) is 13.3. The van der Waals surface area contributed by atoms with Crippen LogP contribution >= 0.6 is 11.6 Å². The van der Waals surface area contributed by atoms with Crippen LogP contribution in [0.4, 0.5) is 0 Å². The number of likely N-dealkylation sites (tertiary alicyclic amines) is 1. The van der Waals surface area contributed by atoms with Gasteiger partial charge in [0.25, 0.3) is 0 Å². The Bertz CT molecular complexity index is 1960. The molecule has 1 saturated heterocycles. The van der Waals surface area contributed by atoms with Crippen LogP contribution in [0, 0.1) is 25.2 Å². The van der Waals surface area contributed by atoms with Crippen LogP contribution in [0.2, 0.25) is 5.02 Å². The lowest BCUT2D eigenvalue weighted by molar-refractivity contribution is 0.262. The Labute approximate surface area is 306 Å². The van der Waals surface area contributed by atoms with Crippen molar-refractivity contribution in [2.75, 3.05) is 26.2 Å². The lowest BCUT2D eigenvalue weighted by Crippen LogP contribution is -2.22. The smallest absolute Gasteiger partial charge is 0.142 e. The van der Waals surface area contributed by atoms with Crippen LogP contribution in [-0.2, 0) is 26.3 Å². The van der Waals surface area contributed by atoms with Gasteiger partial charge in [-0.2, -0.15) is 5.26 Å². The highest BCUT2D eigenvalue weighted by Gasteiger charge is 2.16. The minimum Gasteiger partial charge on any atom is -0.493 e. The van der Waals surface area contributed by atoms with Crippen LogP contribution in [0.1, 0.15) is 58.2 Å². The summed E-state index contributed by atoms with van der Waals surface area (Å²) in [6.45, 7) is 10.2. The molecule has 0 saturated carbocycles. The van der Waals surface area contributed by atoms with E-state index in [0.717, 1.165) is 63.2 Å². The molecule has 0 amide bonds. The predicted octanol–water partition coefficient (Wildman–Crippen LogP) is 8.60. The highest BCUT2D eigenvalue weighted by Crippen LogP contribution is 2.36. The number of hydrogen-bond donors (Lipinski definition) is 1. The van der Waals surface area contributed by atoms with Crippen molar-refractivity contribution >= 4 is 11.6 Å². The summed E-state index contributed by atoms with van der Waals surface area (Å²) >= 11 is 6.83. The van der Waals surface area contributed by atoms with E-state index in [9.17, 15) is 5.26 Å². The molecule has 3 aromatic carbocycles. The van der Waals surface area contributed by atoms with Gasteiger partial charge in [0.2, 0.25) is 0 Å². The maximum atomic E-state index is 9.32. The van der Waals surface area contributed by atoms with Crippen LogP contribution in [0.3, 0.4) is 0 Å². The molecule has 8 nitrogen and oxygen atoms in total. The van der Waals surface area contributed by atoms with Gasteiger partial charge in [0.15, 0.2) is 0 Å². The Hall–Kier alpha value is -4.94. The van der Waals surface area contributed by atoms with Gasteiger partial charge in [-0.25, -0.2) is 0 Å². The summed E-state index contributed by atoms with van der Waals surface area (Å²) in [4.78, 5) is 10.9. The number of nitrogens with one attached hydrogen (secondary N) is 1. The second kappa shape index (κ2) is 17.8. The Balaban J connectivity index is 1.16. The fourth-order valence-electron chi connectivity index (χ4n) is 6.42. The summed E-state index contributed by atoms with van der Waals surface area (Å²) in [5.74, 6) is 2.09. The van der Waals surface area contributed by atoms with Crippen molar-refractivity contribution in [1.82, 2.24) is 20.2 Å². The molecule has 1 fully saturated rings. The van der Waals surface area contributed by atoms with E-state index in [0.29, 0.717) is 48.4 Å². The van der Waals surface area contributed by atoms with Crippen molar-refractivity contribution in [3.63, 3.8) is 0 Å². The first-order valence-electron chi connectivity index (χ1n) is 17.5. The SMILES string of the molecule is Cc1c(COc2cc(OCc3cncc(C#N)c3)c(CNCc3cccnc3)cc2Cl)cccc1-c1cccc(OCCCN2CCCC2)c1C. The van der Waals surface area contributed by atoms with E-state index >= 15 is 0 Å². The van der Waals surface area contributed by atoms with Crippen molar-refractivity contribution in [1.29, 1.82) is 5.26 Å². The van der Waals surface area contributed by atoms with Crippen LogP contribution in [0.5, 0.6) is 17.2 Å². The maximum absolute atomic E-state index is 9.32. The average molecular weight is 702 g/mol. The zero-order valence-electron chi connectivity index (χ0n) is 29.3. The summed E-state index contributed by atoms with van der Waals surface area (Å²) < 4.78 is 19.0. The van der Waals surface area contributed by atoms with Gasteiger partial charge in [0.05, 0.1) is 17.2 Å². The number of halogens is 1. The third kappa shape index (κ3) is 9.65. The van der Waals surface area contributed by atoms with Crippen molar-refractivity contribution < 1.29 is 14.2 Å². The first-order chi connectivity index (χ1) is 25.0. The molecule has 0 unspecified atom stereocenters. The Morgan fingerprint density at radius 1 is 0.765 bits per heavy atom. The number of benzene rings is 3. The van der Waals surface area contributed by atoms with Crippen LogP contribution in [0.25, 0.3) is 11.1 Å². The molecule has 9 heteroatoms. The van der Waals surface area contributed by atoms with Gasteiger partial charge >= 0.3 is 0 Å². The largest absolute Gasteiger partial charge is 0.493 e. The lowest BCUT2D eigenvalue weighted by atomic mass is 9.93. The van der Waals surface area contributed by atoms with Gasteiger partial charge in [-0.05, 0) is 104 Å². The van der Waals surface area contributed by atoms with E-state index in [-0.39, 0.29) is 6.61 Å². The van der Waals surface area contributed by atoms with E-state index in [1.165, 1.54) is 32.1 Å². The minimum absolute atomic E-state index is 0.237. The molecule has 3 heterocycles. The number of nitrogens with zero attached hydrogens (tertiary/aromatic N) is 4. The van der Waals surface area contributed by atoms with E-state index in [2.05, 4.69) is 76.5 Å². The van der Waals surface area contributed by atoms with Crippen molar-refractivity contribution in [3.05, 3.63) is 135 Å². The Morgan fingerprint density at radius 2 is 1.55 bits per heavy atom. The molecular weight excluding hydrogens is 658 g/mol. The molecule has 0 spiro atoms. The number of nitriles is 1. The Morgan fingerprint density at radius 3 is 2.35 bits per heavy atom. The quantitative estimate of drug-likeness (QED) is 0.102. The number of aromatic nitrogens is 2. The summed E-state index contributed by atoms with van der Waals surface area (Å²) in [5.41, 5.74) is 8.86. The normalized spacial score (nSPS) is 12.8. The molecule has 1 aliphatic heterocycles. The van der Waals surface area contributed by atoms with Gasteiger partial charge in [-0.1, -0.05) is 48.0 Å². The van der Waals surface area contributed by atoms with Crippen LogP contribution in [0.15, 0.2) is 91.5 Å². The standard InChI is InChI=1S/C42H44ClN5O3/c1-30-35(10-5-11-37(30)38-12-6-13-40(31(38)2)49-18-8-17-48-15-3-4-16-48)29-51-42-21-41(50-28-34-19-33(22-44)25-46-26-34)36(20-39(42)43)27-47-24-32-9-7-14-45-23-32/h5-7,9-14,19-21,23,25-26,47H,3-4,8,15-18,24,27-29H2,1-2H3. The van der Waals surface area contributed by atoms with Crippen LogP contribution in [-0.4, -0.2) is 41.1 Å². The zero-order chi connectivity index (χ0) is 35.4. The van der Waals surface area contributed by atoms with Crippen molar-refractivity contribution in [2.45, 2.75) is 59.4 Å². The van der Waals surface area contributed by atoms with E-state index in [1.807, 2.05) is 30.5 Å². The highest BCUT2D eigenvalue weighted by molar-refractivity contribution is 6.32. The molecule has 0 aliphatic carbocycles. The zero-order valence-corrected chi connectivity index (χ0v) is 30.1. The molecule has 262 valence electrons. The average Bonchev–Trinajstić information content (AvgIpc) is 3.68. The van der Waals surface area contributed by atoms with Crippen LogP contribution < -0.4 is 19.5 Å². The van der Waals surface area contributed by atoms with Gasteiger partial charge in [-0.15, -0.1) is 0 Å². The Kier molecular flexibility index (Phi) is 12.5. The monoisotopic (exact) mass is 701 g/mol. The molecule has 51 heavy (non-hydrogen) atoms. The molecular formula is C42H44ClN5O3.